The zero-order valence-corrected chi connectivity index (χ0v) is 11.1. The molecule has 0 aliphatic carbocycles. The van der Waals surface area contributed by atoms with Gasteiger partial charge < -0.3 is 9.47 Å². The molecule has 0 radical (unpaired) electrons. The van der Waals surface area contributed by atoms with E-state index in [1.165, 1.54) is 5.56 Å². The molecule has 0 saturated carbocycles. The molecule has 0 atom stereocenters. The van der Waals surface area contributed by atoms with Gasteiger partial charge in [-0.1, -0.05) is 0 Å². The molecule has 17 heavy (non-hydrogen) atoms. The highest BCUT2D eigenvalue weighted by Gasteiger charge is 2.27. The van der Waals surface area contributed by atoms with E-state index in [9.17, 15) is 0 Å². The molecule has 92 valence electrons. The molecule has 2 rings (SSSR count). The average molecular weight is 233 g/mol. The number of aliphatic imine (C=N–C) groups is 1. The Kier molecular flexibility index (Phi) is 2.86. The predicted molar refractivity (Wildman–Crippen MR) is 69.5 cm³/mol. The summed E-state index contributed by atoms with van der Waals surface area (Å²) >= 11 is 0. The summed E-state index contributed by atoms with van der Waals surface area (Å²) in [6.45, 7) is 6.32. The van der Waals surface area contributed by atoms with Crippen molar-refractivity contribution in [1.29, 1.82) is 0 Å². The number of hydrogen-bond donors (Lipinski definition) is 0. The minimum absolute atomic E-state index is 0.0472. The van der Waals surface area contributed by atoms with E-state index in [4.69, 9.17) is 14.5 Å². The van der Waals surface area contributed by atoms with Crippen molar-refractivity contribution in [3.8, 4) is 11.5 Å². The highest BCUT2D eigenvalue weighted by atomic mass is 16.5. The third kappa shape index (κ3) is 2.14. The lowest BCUT2D eigenvalue weighted by molar-refractivity contribution is 0.390. The minimum atomic E-state index is -0.0472. The van der Waals surface area contributed by atoms with Crippen LogP contribution in [-0.4, -0.2) is 25.5 Å². The van der Waals surface area contributed by atoms with E-state index in [2.05, 4.69) is 19.9 Å². The fraction of sp³-hybridized carbons (Fsp3) is 0.500. The topological polar surface area (TPSA) is 30.8 Å². The summed E-state index contributed by atoms with van der Waals surface area (Å²) in [7, 11) is 3.36. The highest BCUT2D eigenvalue weighted by molar-refractivity contribution is 6.03. The van der Waals surface area contributed by atoms with Gasteiger partial charge in [-0.15, -0.1) is 0 Å². The second-order valence-electron chi connectivity index (χ2n) is 5.05. The zero-order valence-electron chi connectivity index (χ0n) is 11.1. The number of ether oxygens (including phenoxy) is 2. The van der Waals surface area contributed by atoms with E-state index in [-0.39, 0.29) is 5.54 Å². The van der Waals surface area contributed by atoms with E-state index in [1.807, 2.05) is 13.0 Å². The fourth-order valence-electron chi connectivity index (χ4n) is 2.49. The first-order chi connectivity index (χ1) is 7.96. The van der Waals surface area contributed by atoms with E-state index in [1.54, 1.807) is 14.2 Å². The molecule has 1 aromatic carbocycles. The van der Waals surface area contributed by atoms with E-state index >= 15 is 0 Å². The highest BCUT2D eigenvalue weighted by Crippen LogP contribution is 2.35. The SMILES string of the molecule is COc1cc2c(c(OC)c1)C(C)=NC(C)(C)C2. The van der Waals surface area contributed by atoms with Gasteiger partial charge in [0, 0.05) is 17.3 Å². The maximum absolute atomic E-state index is 5.43. The van der Waals surface area contributed by atoms with Crippen molar-refractivity contribution in [2.24, 2.45) is 4.99 Å². The van der Waals surface area contributed by atoms with Crippen LogP contribution in [0.15, 0.2) is 17.1 Å². The molecule has 1 aliphatic rings. The third-order valence-electron chi connectivity index (χ3n) is 3.07. The summed E-state index contributed by atoms with van der Waals surface area (Å²) in [5.74, 6) is 1.68. The van der Waals surface area contributed by atoms with Crippen molar-refractivity contribution in [3.05, 3.63) is 23.3 Å². The molecule has 0 saturated heterocycles. The summed E-state index contributed by atoms with van der Waals surface area (Å²) in [6, 6.07) is 3.99. The van der Waals surface area contributed by atoms with Crippen molar-refractivity contribution in [3.63, 3.8) is 0 Å². The quantitative estimate of drug-likeness (QED) is 0.786. The number of nitrogens with zero attached hydrogens (tertiary/aromatic N) is 1. The molecule has 3 nitrogen and oxygen atoms in total. The van der Waals surface area contributed by atoms with Crippen molar-refractivity contribution < 1.29 is 9.47 Å². The molecular weight excluding hydrogens is 214 g/mol. The van der Waals surface area contributed by atoms with Crippen molar-refractivity contribution in [2.45, 2.75) is 32.7 Å². The molecule has 1 aliphatic heterocycles. The van der Waals surface area contributed by atoms with Crippen LogP contribution in [0.4, 0.5) is 0 Å². The van der Waals surface area contributed by atoms with Gasteiger partial charge in [0.15, 0.2) is 0 Å². The molecule has 0 amide bonds. The summed E-state index contributed by atoms with van der Waals surface area (Å²) in [6.07, 6.45) is 0.910. The molecule has 0 fully saturated rings. The molecule has 3 heteroatoms. The van der Waals surface area contributed by atoms with Crippen molar-refractivity contribution >= 4 is 5.71 Å². The van der Waals surface area contributed by atoms with Crippen LogP contribution in [0.5, 0.6) is 11.5 Å². The number of fused-ring (bicyclic) bond motifs is 1. The molecular formula is C14H19NO2. The molecule has 0 spiro atoms. The molecule has 0 unspecified atom stereocenters. The molecule has 1 aromatic rings. The minimum Gasteiger partial charge on any atom is -0.497 e. The predicted octanol–water partition coefficient (Wildman–Crippen LogP) is 2.85. The Morgan fingerprint density at radius 3 is 2.47 bits per heavy atom. The van der Waals surface area contributed by atoms with Gasteiger partial charge in [-0.25, -0.2) is 0 Å². The third-order valence-corrected chi connectivity index (χ3v) is 3.07. The van der Waals surface area contributed by atoms with Gasteiger partial charge in [0.05, 0.1) is 19.8 Å². The van der Waals surface area contributed by atoms with Crippen LogP contribution < -0.4 is 9.47 Å². The van der Waals surface area contributed by atoms with Crippen LogP contribution in [0.1, 0.15) is 31.9 Å². The Hall–Kier alpha value is -1.51. The first-order valence-corrected chi connectivity index (χ1v) is 5.78. The first kappa shape index (κ1) is 12.0. The smallest absolute Gasteiger partial charge is 0.131 e. The number of benzene rings is 1. The summed E-state index contributed by atoms with van der Waals surface area (Å²) in [4.78, 5) is 4.72. The van der Waals surface area contributed by atoms with Gasteiger partial charge in [0.1, 0.15) is 11.5 Å². The van der Waals surface area contributed by atoms with E-state index in [0.29, 0.717) is 0 Å². The largest absolute Gasteiger partial charge is 0.497 e. The zero-order chi connectivity index (χ0) is 12.6. The second kappa shape index (κ2) is 4.06. The Labute approximate surface area is 102 Å². The Morgan fingerprint density at radius 2 is 1.88 bits per heavy atom. The Balaban J connectivity index is 2.62. The summed E-state index contributed by atoms with van der Waals surface area (Å²) in [5, 5.41) is 0. The lowest BCUT2D eigenvalue weighted by Gasteiger charge is -2.29. The van der Waals surface area contributed by atoms with Gasteiger partial charge in [0.2, 0.25) is 0 Å². The lowest BCUT2D eigenvalue weighted by atomic mass is 9.86. The standard InChI is InChI=1S/C14H19NO2/c1-9-13-10(8-14(2,3)15-9)6-11(16-4)7-12(13)17-5/h6-7H,8H2,1-5H3. The van der Waals surface area contributed by atoms with Crippen LogP contribution >= 0.6 is 0 Å². The van der Waals surface area contributed by atoms with Crippen LogP contribution in [0.25, 0.3) is 0 Å². The number of hydrogen-bond acceptors (Lipinski definition) is 3. The van der Waals surface area contributed by atoms with Gasteiger partial charge in [-0.3, -0.25) is 4.99 Å². The molecule has 0 aromatic heterocycles. The summed E-state index contributed by atoms with van der Waals surface area (Å²) in [5.41, 5.74) is 3.36. The lowest BCUT2D eigenvalue weighted by Crippen LogP contribution is -2.28. The number of methoxy groups -OCH3 is 2. The first-order valence-electron chi connectivity index (χ1n) is 5.78. The van der Waals surface area contributed by atoms with Crippen LogP contribution in [-0.2, 0) is 6.42 Å². The van der Waals surface area contributed by atoms with Crippen molar-refractivity contribution in [1.82, 2.24) is 0 Å². The van der Waals surface area contributed by atoms with Crippen LogP contribution in [0.2, 0.25) is 0 Å². The average Bonchev–Trinajstić information content (AvgIpc) is 2.25. The fourth-order valence-corrected chi connectivity index (χ4v) is 2.49. The van der Waals surface area contributed by atoms with Gasteiger partial charge in [0.25, 0.3) is 0 Å². The normalized spacial score (nSPS) is 17.1. The van der Waals surface area contributed by atoms with Crippen LogP contribution in [0, 0.1) is 0 Å². The Bertz CT molecular complexity index is 475. The summed E-state index contributed by atoms with van der Waals surface area (Å²) < 4.78 is 10.7. The van der Waals surface area contributed by atoms with Gasteiger partial charge in [-0.05, 0) is 38.8 Å². The monoisotopic (exact) mass is 233 g/mol. The Morgan fingerprint density at radius 1 is 1.18 bits per heavy atom. The molecule has 0 bridgehead atoms. The second-order valence-corrected chi connectivity index (χ2v) is 5.05. The number of rotatable bonds is 2. The maximum Gasteiger partial charge on any atom is 0.131 e. The van der Waals surface area contributed by atoms with Gasteiger partial charge >= 0.3 is 0 Å². The maximum atomic E-state index is 5.43. The molecule has 0 N–H and O–H groups in total. The van der Waals surface area contributed by atoms with Crippen LogP contribution in [0.3, 0.4) is 0 Å². The van der Waals surface area contributed by atoms with E-state index in [0.717, 1.165) is 29.2 Å². The van der Waals surface area contributed by atoms with E-state index < -0.39 is 0 Å². The van der Waals surface area contributed by atoms with Gasteiger partial charge in [-0.2, -0.15) is 0 Å². The van der Waals surface area contributed by atoms with Crippen molar-refractivity contribution in [2.75, 3.05) is 14.2 Å². The molecule has 1 heterocycles.